The third-order valence-electron chi connectivity index (χ3n) is 3.47. The fraction of sp³-hybridized carbons (Fsp3) is 0.900. The Hall–Kier alpha value is -0.570. The number of ether oxygens (including phenoxy) is 1. The Bertz CT molecular complexity index is 234. The van der Waals surface area contributed by atoms with Crippen molar-refractivity contribution in [1.29, 1.82) is 0 Å². The van der Waals surface area contributed by atoms with Gasteiger partial charge in [0, 0.05) is 0 Å². The van der Waals surface area contributed by atoms with Crippen LogP contribution in [-0.2, 0) is 9.53 Å². The van der Waals surface area contributed by atoms with Crippen molar-refractivity contribution in [3.63, 3.8) is 0 Å². The van der Waals surface area contributed by atoms with Crippen LogP contribution in [0.1, 0.15) is 39.0 Å². The number of aliphatic hydroxyl groups is 1. The summed E-state index contributed by atoms with van der Waals surface area (Å²) in [5.41, 5.74) is -1.22. The molecule has 1 N–H and O–H groups in total. The van der Waals surface area contributed by atoms with Gasteiger partial charge in [-0.3, -0.25) is 4.79 Å². The van der Waals surface area contributed by atoms with Gasteiger partial charge in [-0.25, -0.2) is 0 Å². The van der Waals surface area contributed by atoms with Crippen molar-refractivity contribution in [2.24, 2.45) is 5.41 Å². The van der Waals surface area contributed by atoms with Gasteiger partial charge in [-0.2, -0.15) is 0 Å². The molecule has 2 fully saturated rings. The zero-order chi connectivity index (χ0) is 9.53. The molecule has 0 saturated heterocycles. The molecule has 0 heterocycles. The zero-order valence-corrected chi connectivity index (χ0v) is 8.01. The molecule has 0 bridgehead atoms. The molecule has 13 heavy (non-hydrogen) atoms. The van der Waals surface area contributed by atoms with E-state index in [1.807, 2.05) is 0 Å². The molecule has 2 atom stereocenters. The maximum absolute atomic E-state index is 11.6. The molecule has 2 unspecified atom stereocenters. The first-order valence-corrected chi connectivity index (χ1v) is 5.04. The third-order valence-corrected chi connectivity index (χ3v) is 3.47. The van der Waals surface area contributed by atoms with E-state index in [1.165, 1.54) is 0 Å². The highest BCUT2D eigenvalue weighted by molar-refractivity contribution is 5.83. The van der Waals surface area contributed by atoms with Crippen LogP contribution in [0.3, 0.4) is 0 Å². The number of carbonyl (C=O) groups excluding carboxylic acids is 1. The van der Waals surface area contributed by atoms with Gasteiger partial charge in [0.15, 0.2) is 0 Å². The van der Waals surface area contributed by atoms with Crippen molar-refractivity contribution in [2.45, 2.75) is 44.6 Å². The number of rotatable bonds is 2. The van der Waals surface area contributed by atoms with Crippen LogP contribution in [0.25, 0.3) is 0 Å². The number of carbonyl (C=O) groups is 1. The summed E-state index contributed by atoms with van der Waals surface area (Å²) in [5, 5.41) is 10.00. The zero-order valence-electron chi connectivity index (χ0n) is 8.01. The molecule has 0 aliphatic heterocycles. The first kappa shape index (κ1) is 9.00. The normalized spacial score (nSPS) is 42.3. The van der Waals surface area contributed by atoms with Crippen molar-refractivity contribution in [3.05, 3.63) is 0 Å². The second-order valence-corrected chi connectivity index (χ2v) is 4.22. The van der Waals surface area contributed by atoms with Crippen LogP contribution in [0.5, 0.6) is 0 Å². The topological polar surface area (TPSA) is 46.5 Å². The largest absolute Gasteiger partial charge is 0.465 e. The first-order valence-electron chi connectivity index (χ1n) is 5.04. The highest BCUT2D eigenvalue weighted by Gasteiger charge is 2.72. The minimum Gasteiger partial charge on any atom is -0.465 e. The highest BCUT2D eigenvalue weighted by atomic mass is 16.5. The lowest BCUT2D eigenvalue weighted by Crippen LogP contribution is -2.32. The predicted octanol–water partition coefficient (Wildman–Crippen LogP) is 1.24. The summed E-state index contributed by atoms with van der Waals surface area (Å²) < 4.78 is 4.99. The van der Waals surface area contributed by atoms with E-state index >= 15 is 0 Å². The van der Waals surface area contributed by atoms with E-state index < -0.39 is 11.0 Å². The van der Waals surface area contributed by atoms with Gasteiger partial charge in [0.2, 0.25) is 0 Å². The van der Waals surface area contributed by atoms with Crippen LogP contribution < -0.4 is 0 Å². The van der Waals surface area contributed by atoms with Crippen LogP contribution in [0.4, 0.5) is 0 Å². The Labute approximate surface area is 78.1 Å². The van der Waals surface area contributed by atoms with E-state index in [-0.39, 0.29) is 5.97 Å². The second kappa shape index (κ2) is 2.71. The average Bonchev–Trinajstić information content (AvgIpc) is 2.73. The van der Waals surface area contributed by atoms with Gasteiger partial charge in [0.05, 0.1) is 17.6 Å². The Kier molecular flexibility index (Phi) is 1.88. The summed E-state index contributed by atoms with van der Waals surface area (Å²) in [4.78, 5) is 11.6. The van der Waals surface area contributed by atoms with Gasteiger partial charge in [-0.1, -0.05) is 12.8 Å². The number of hydrogen-bond acceptors (Lipinski definition) is 3. The first-order chi connectivity index (χ1) is 6.15. The molecule has 74 valence electrons. The van der Waals surface area contributed by atoms with Crippen LogP contribution in [-0.4, -0.2) is 23.3 Å². The second-order valence-electron chi connectivity index (χ2n) is 4.22. The van der Waals surface area contributed by atoms with Crippen molar-refractivity contribution in [3.8, 4) is 0 Å². The Morgan fingerprint density at radius 2 is 2.15 bits per heavy atom. The van der Waals surface area contributed by atoms with Gasteiger partial charge < -0.3 is 9.84 Å². The van der Waals surface area contributed by atoms with E-state index in [1.54, 1.807) is 6.92 Å². The van der Waals surface area contributed by atoms with Gasteiger partial charge in [-0.05, 0) is 26.2 Å². The van der Waals surface area contributed by atoms with E-state index in [0.29, 0.717) is 13.0 Å². The SMILES string of the molecule is CCOC(=O)C12CCCCC1(O)C2. The van der Waals surface area contributed by atoms with E-state index in [4.69, 9.17) is 4.74 Å². The molecule has 2 rings (SSSR count). The molecule has 0 spiro atoms. The molecule has 2 aliphatic rings. The van der Waals surface area contributed by atoms with Crippen LogP contribution in [0.15, 0.2) is 0 Å². The lowest BCUT2D eigenvalue weighted by atomic mass is 9.86. The molecule has 0 amide bonds. The Morgan fingerprint density at radius 1 is 1.46 bits per heavy atom. The maximum Gasteiger partial charge on any atom is 0.315 e. The Morgan fingerprint density at radius 3 is 2.77 bits per heavy atom. The van der Waals surface area contributed by atoms with E-state index in [9.17, 15) is 9.90 Å². The van der Waals surface area contributed by atoms with Gasteiger partial charge in [-0.15, -0.1) is 0 Å². The lowest BCUT2D eigenvalue weighted by Gasteiger charge is -2.24. The fourth-order valence-corrected chi connectivity index (χ4v) is 2.58. The van der Waals surface area contributed by atoms with Gasteiger partial charge in [0.1, 0.15) is 0 Å². The molecule has 2 saturated carbocycles. The fourth-order valence-electron chi connectivity index (χ4n) is 2.58. The average molecular weight is 184 g/mol. The van der Waals surface area contributed by atoms with E-state index in [2.05, 4.69) is 0 Å². The van der Waals surface area contributed by atoms with Crippen molar-refractivity contribution in [1.82, 2.24) is 0 Å². The predicted molar refractivity (Wildman–Crippen MR) is 47.1 cm³/mol. The maximum atomic E-state index is 11.6. The summed E-state index contributed by atoms with van der Waals surface area (Å²) in [5.74, 6) is -0.183. The lowest BCUT2D eigenvalue weighted by molar-refractivity contribution is -0.154. The molecule has 0 aromatic heterocycles. The number of fused-ring (bicyclic) bond motifs is 1. The summed E-state index contributed by atoms with van der Waals surface area (Å²) >= 11 is 0. The van der Waals surface area contributed by atoms with Gasteiger partial charge >= 0.3 is 5.97 Å². The summed E-state index contributed by atoms with van der Waals surface area (Å²) in [6, 6.07) is 0. The summed E-state index contributed by atoms with van der Waals surface area (Å²) in [7, 11) is 0. The van der Waals surface area contributed by atoms with Crippen molar-refractivity contribution in [2.75, 3.05) is 6.61 Å². The van der Waals surface area contributed by atoms with Crippen LogP contribution in [0.2, 0.25) is 0 Å². The van der Waals surface area contributed by atoms with E-state index in [0.717, 1.165) is 25.7 Å². The molecule has 0 aromatic rings. The standard InChI is InChI=1S/C10H16O3/c1-2-13-8(11)9-5-3-4-6-10(9,12)7-9/h12H,2-7H2,1H3. The number of hydrogen-bond donors (Lipinski definition) is 1. The molecular formula is C10H16O3. The molecule has 2 aliphatic carbocycles. The van der Waals surface area contributed by atoms with Crippen molar-refractivity contribution >= 4 is 5.97 Å². The Balaban J connectivity index is 2.09. The molecule has 0 aromatic carbocycles. The quantitative estimate of drug-likeness (QED) is 0.657. The summed E-state index contributed by atoms with van der Waals surface area (Å²) in [6.07, 6.45) is 4.28. The minimum atomic E-state index is -0.711. The van der Waals surface area contributed by atoms with Crippen molar-refractivity contribution < 1.29 is 14.6 Å². The summed E-state index contributed by atoms with van der Waals surface area (Å²) in [6.45, 7) is 2.22. The number of esters is 1. The van der Waals surface area contributed by atoms with Crippen LogP contribution >= 0.6 is 0 Å². The molecule has 3 nitrogen and oxygen atoms in total. The molecule has 3 heteroatoms. The van der Waals surface area contributed by atoms with Gasteiger partial charge in [0.25, 0.3) is 0 Å². The molecule has 0 radical (unpaired) electrons. The van der Waals surface area contributed by atoms with Crippen LogP contribution in [0, 0.1) is 5.41 Å². The smallest absolute Gasteiger partial charge is 0.315 e. The highest BCUT2D eigenvalue weighted by Crippen LogP contribution is 2.65. The minimum absolute atomic E-state index is 0.183. The molecular weight excluding hydrogens is 168 g/mol. The third kappa shape index (κ3) is 1.10. The monoisotopic (exact) mass is 184 g/mol.